The number of rotatable bonds is 3. The minimum atomic E-state index is -0.483. The van der Waals surface area contributed by atoms with Crippen LogP contribution in [0, 0.1) is 23.7 Å². The molecule has 6 heteroatoms. The van der Waals surface area contributed by atoms with E-state index in [0.717, 1.165) is 24.2 Å². The molecule has 6 nitrogen and oxygen atoms in total. The van der Waals surface area contributed by atoms with E-state index < -0.39 is 5.92 Å². The molecular formula is C19H24N4O2. The van der Waals surface area contributed by atoms with E-state index in [9.17, 15) is 10.1 Å². The number of nitriles is 1. The van der Waals surface area contributed by atoms with E-state index in [1.807, 2.05) is 31.6 Å². The molecule has 0 saturated heterocycles. The number of hydrogen-bond donors (Lipinski definition) is 1. The Morgan fingerprint density at radius 3 is 2.84 bits per heavy atom. The number of carbonyl (C=O) groups is 1. The molecule has 0 spiro atoms. The summed E-state index contributed by atoms with van der Waals surface area (Å²) >= 11 is 0. The monoisotopic (exact) mass is 340 g/mol. The summed E-state index contributed by atoms with van der Waals surface area (Å²) in [5.74, 6) is 0.242. The van der Waals surface area contributed by atoms with Crippen molar-refractivity contribution in [1.29, 1.82) is 5.26 Å². The highest BCUT2D eigenvalue weighted by Gasteiger charge is 2.43. The number of hydrogen-bond acceptors (Lipinski definition) is 5. The molecule has 0 unspecified atom stereocenters. The Morgan fingerprint density at radius 1 is 1.48 bits per heavy atom. The van der Waals surface area contributed by atoms with Gasteiger partial charge in [0.1, 0.15) is 17.4 Å². The standard InChI is InChI=1S/C19H24N4O2/c1-5-6-23-10-13(11(2)22-23)16-12(9-20)18(21)25-15-8-19(3,4)7-14(24)17(15)16/h10,16H,5-8,21H2,1-4H3/t16-/m1/s1. The molecule has 132 valence electrons. The number of carbonyl (C=O) groups excluding carboxylic acids is 1. The van der Waals surface area contributed by atoms with E-state index >= 15 is 0 Å². The van der Waals surface area contributed by atoms with E-state index in [-0.39, 0.29) is 17.1 Å². The van der Waals surface area contributed by atoms with Crippen LogP contribution in [0.3, 0.4) is 0 Å². The Balaban J connectivity index is 2.16. The fraction of sp³-hybridized carbons (Fsp3) is 0.526. The lowest BCUT2D eigenvalue weighted by Gasteiger charge is -2.37. The van der Waals surface area contributed by atoms with Crippen molar-refractivity contribution in [1.82, 2.24) is 9.78 Å². The molecule has 1 atom stereocenters. The number of nitrogens with zero attached hydrogens (tertiary/aromatic N) is 3. The van der Waals surface area contributed by atoms with Crippen LogP contribution in [0.1, 0.15) is 57.2 Å². The van der Waals surface area contributed by atoms with Crippen LogP contribution < -0.4 is 5.73 Å². The van der Waals surface area contributed by atoms with Crippen LogP contribution in [0.25, 0.3) is 0 Å². The van der Waals surface area contributed by atoms with Gasteiger partial charge in [-0.05, 0) is 18.8 Å². The quantitative estimate of drug-likeness (QED) is 0.912. The number of aryl methyl sites for hydroxylation is 2. The second-order valence-electron chi connectivity index (χ2n) is 7.64. The summed E-state index contributed by atoms with van der Waals surface area (Å²) in [5, 5.41) is 14.2. The largest absolute Gasteiger partial charge is 0.444 e. The lowest BCUT2D eigenvalue weighted by molar-refractivity contribution is -0.119. The highest BCUT2D eigenvalue weighted by atomic mass is 16.5. The predicted molar refractivity (Wildman–Crippen MR) is 93.0 cm³/mol. The van der Waals surface area contributed by atoms with Gasteiger partial charge in [-0.15, -0.1) is 0 Å². The third-order valence-corrected chi connectivity index (χ3v) is 4.82. The van der Waals surface area contributed by atoms with Gasteiger partial charge < -0.3 is 10.5 Å². The molecular weight excluding hydrogens is 316 g/mol. The Morgan fingerprint density at radius 2 is 2.20 bits per heavy atom. The smallest absolute Gasteiger partial charge is 0.205 e. The maximum atomic E-state index is 12.9. The topological polar surface area (TPSA) is 93.9 Å². The number of ketones is 1. The minimum absolute atomic E-state index is 0.0270. The molecule has 0 radical (unpaired) electrons. The van der Waals surface area contributed by atoms with Crippen LogP contribution in [-0.2, 0) is 16.1 Å². The summed E-state index contributed by atoms with van der Waals surface area (Å²) in [6, 6.07) is 2.15. The maximum absolute atomic E-state index is 12.9. The van der Waals surface area contributed by atoms with E-state index in [2.05, 4.69) is 18.1 Å². The van der Waals surface area contributed by atoms with Crippen LogP contribution in [0.5, 0.6) is 0 Å². The molecule has 2 aliphatic rings. The summed E-state index contributed by atoms with van der Waals surface area (Å²) in [5.41, 5.74) is 8.40. The van der Waals surface area contributed by atoms with Gasteiger partial charge in [-0.3, -0.25) is 9.48 Å². The fourth-order valence-corrected chi connectivity index (χ4v) is 3.76. The third-order valence-electron chi connectivity index (χ3n) is 4.82. The first kappa shape index (κ1) is 17.3. The molecule has 0 aromatic carbocycles. The number of nitrogens with two attached hydrogens (primary N) is 1. The highest BCUT2D eigenvalue weighted by molar-refractivity contribution is 6.00. The molecule has 1 aromatic rings. The molecule has 0 saturated carbocycles. The zero-order valence-electron chi connectivity index (χ0n) is 15.2. The van der Waals surface area contributed by atoms with E-state index in [1.54, 1.807) is 0 Å². The van der Waals surface area contributed by atoms with Crippen LogP contribution in [0.15, 0.2) is 29.0 Å². The number of Topliss-reactive ketones (excluding diaryl/α,β-unsaturated/α-hetero) is 1. The SMILES string of the molecule is CCCn1cc([C@H]2C(C#N)=C(N)OC3=C2C(=O)CC(C)(C)C3)c(C)n1. The molecule has 25 heavy (non-hydrogen) atoms. The van der Waals surface area contributed by atoms with Gasteiger partial charge in [0.2, 0.25) is 5.88 Å². The fourth-order valence-electron chi connectivity index (χ4n) is 3.76. The molecule has 2 heterocycles. The summed E-state index contributed by atoms with van der Waals surface area (Å²) in [4.78, 5) is 12.9. The van der Waals surface area contributed by atoms with Gasteiger partial charge in [-0.25, -0.2) is 0 Å². The van der Waals surface area contributed by atoms with Crippen molar-refractivity contribution in [3.8, 4) is 6.07 Å². The number of ether oxygens (including phenoxy) is 1. The molecule has 0 bridgehead atoms. The van der Waals surface area contributed by atoms with Crippen LogP contribution in [0.4, 0.5) is 0 Å². The maximum Gasteiger partial charge on any atom is 0.205 e. The Kier molecular flexibility index (Phi) is 4.19. The van der Waals surface area contributed by atoms with Crippen molar-refractivity contribution >= 4 is 5.78 Å². The lowest BCUT2D eigenvalue weighted by Crippen LogP contribution is -2.33. The second-order valence-corrected chi connectivity index (χ2v) is 7.64. The average molecular weight is 340 g/mol. The van der Waals surface area contributed by atoms with Gasteiger partial charge in [0.05, 0.1) is 11.6 Å². The molecule has 0 fully saturated rings. The van der Waals surface area contributed by atoms with Crippen molar-refractivity contribution in [3.63, 3.8) is 0 Å². The molecule has 3 rings (SSSR count). The van der Waals surface area contributed by atoms with E-state index in [4.69, 9.17) is 10.5 Å². The highest BCUT2D eigenvalue weighted by Crippen LogP contribution is 2.48. The van der Waals surface area contributed by atoms with E-state index in [1.165, 1.54) is 0 Å². The molecule has 1 aliphatic heterocycles. The van der Waals surface area contributed by atoms with Gasteiger partial charge in [-0.2, -0.15) is 10.4 Å². The van der Waals surface area contributed by atoms with E-state index in [0.29, 0.717) is 29.7 Å². The summed E-state index contributed by atoms with van der Waals surface area (Å²) in [6.45, 7) is 8.85. The zero-order valence-corrected chi connectivity index (χ0v) is 15.2. The zero-order chi connectivity index (χ0) is 18.4. The predicted octanol–water partition coefficient (Wildman–Crippen LogP) is 3.05. The van der Waals surface area contributed by atoms with Crippen molar-refractivity contribution < 1.29 is 9.53 Å². The molecule has 1 aliphatic carbocycles. The number of allylic oxidation sites excluding steroid dienone is 3. The molecule has 2 N–H and O–H groups in total. The second kappa shape index (κ2) is 6.07. The van der Waals surface area contributed by atoms with Crippen LogP contribution in [0.2, 0.25) is 0 Å². The Bertz CT molecular complexity index is 836. The first-order valence-corrected chi connectivity index (χ1v) is 8.65. The van der Waals surface area contributed by atoms with Crippen LogP contribution >= 0.6 is 0 Å². The molecule has 0 amide bonds. The van der Waals surface area contributed by atoms with Crippen molar-refractivity contribution in [3.05, 3.63) is 40.2 Å². The lowest BCUT2D eigenvalue weighted by atomic mass is 9.70. The van der Waals surface area contributed by atoms with Gasteiger partial charge in [0, 0.05) is 36.7 Å². The first-order valence-electron chi connectivity index (χ1n) is 8.65. The molecule has 1 aromatic heterocycles. The minimum Gasteiger partial charge on any atom is -0.444 e. The Hall–Kier alpha value is -2.55. The van der Waals surface area contributed by atoms with Crippen molar-refractivity contribution in [2.24, 2.45) is 11.1 Å². The summed E-state index contributed by atoms with van der Waals surface area (Å²) in [7, 11) is 0. The summed E-state index contributed by atoms with van der Waals surface area (Å²) < 4.78 is 7.58. The van der Waals surface area contributed by atoms with Gasteiger partial charge in [-0.1, -0.05) is 20.8 Å². The normalized spacial score (nSPS) is 22.5. The first-order chi connectivity index (χ1) is 11.8. The van der Waals surface area contributed by atoms with Gasteiger partial charge >= 0.3 is 0 Å². The van der Waals surface area contributed by atoms with Gasteiger partial charge in [0.15, 0.2) is 5.78 Å². The summed E-state index contributed by atoms with van der Waals surface area (Å²) in [6.07, 6.45) is 3.95. The Labute approximate surface area is 147 Å². The van der Waals surface area contributed by atoms with Crippen molar-refractivity contribution in [2.75, 3.05) is 0 Å². The van der Waals surface area contributed by atoms with Crippen LogP contribution in [-0.4, -0.2) is 15.6 Å². The third kappa shape index (κ3) is 2.95. The van der Waals surface area contributed by atoms with Crippen molar-refractivity contribution in [2.45, 2.75) is 59.4 Å². The average Bonchev–Trinajstić information content (AvgIpc) is 2.85. The number of aromatic nitrogens is 2. The van der Waals surface area contributed by atoms with Gasteiger partial charge in [0.25, 0.3) is 0 Å².